The summed E-state index contributed by atoms with van der Waals surface area (Å²) in [5.41, 5.74) is 2.34. The Kier molecular flexibility index (Phi) is 5.49. The number of phenols is 2. The number of aliphatic imine (C=N–C) groups is 2. The van der Waals surface area contributed by atoms with Crippen LogP contribution in [0.2, 0.25) is 0 Å². The Labute approximate surface area is 148 Å². The third-order valence-corrected chi connectivity index (χ3v) is 4.69. The Bertz CT molecular complexity index is 783. The molecule has 25 heavy (non-hydrogen) atoms. The smallest absolute Gasteiger partial charge is 0.124 e. The SMILES string of the molecule is CC(=N[C@H]1CCCC[C@@H]1N=Cc1ccccc1O)c1ccccc1O. The molecule has 0 aliphatic heterocycles. The molecule has 0 aromatic heterocycles. The maximum atomic E-state index is 10.0. The maximum Gasteiger partial charge on any atom is 0.124 e. The lowest BCUT2D eigenvalue weighted by molar-refractivity contribution is 0.389. The number of para-hydroxylation sites is 2. The highest BCUT2D eigenvalue weighted by Crippen LogP contribution is 2.26. The van der Waals surface area contributed by atoms with Crippen LogP contribution in [0.15, 0.2) is 58.5 Å². The molecule has 2 N–H and O–H groups in total. The number of phenolic OH excluding ortho intramolecular Hbond substituents is 2. The van der Waals surface area contributed by atoms with Crippen LogP contribution in [0.3, 0.4) is 0 Å². The average molecular weight is 336 g/mol. The second kappa shape index (κ2) is 7.97. The van der Waals surface area contributed by atoms with Crippen LogP contribution in [0.25, 0.3) is 0 Å². The van der Waals surface area contributed by atoms with Crippen LogP contribution in [-0.2, 0) is 0 Å². The van der Waals surface area contributed by atoms with E-state index in [0.29, 0.717) is 0 Å². The molecule has 1 saturated carbocycles. The minimum absolute atomic E-state index is 0.106. The van der Waals surface area contributed by atoms with E-state index in [1.54, 1.807) is 24.4 Å². The van der Waals surface area contributed by atoms with Crippen molar-refractivity contribution in [1.29, 1.82) is 0 Å². The molecule has 1 aliphatic carbocycles. The van der Waals surface area contributed by atoms with Crippen molar-refractivity contribution in [2.45, 2.75) is 44.7 Å². The molecule has 0 heterocycles. The first kappa shape index (κ1) is 17.2. The van der Waals surface area contributed by atoms with Gasteiger partial charge < -0.3 is 10.2 Å². The third kappa shape index (κ3) is 4.27. The van der Waals surface area contributed by atoms with Crippen LogP contribution >= 0.6 is 0 Å². The van der Waals surface area contributed by atoms with Crippen LogP contribution in [0.4, 0.5) is 0 Å². The molecule has 1 fully saturated rings. The monoisotopic (exact) mass is 336 g/mol. The molecule has 130 valence electrons. The van der Waals surface area contributed by atoms with Gasteiger partial charge in [0.05, 0.1) is 12.1 Å². The Morgan fingerprint density at radius 1 is 0.920 bits per heavy atom. The minimum atomic E-state index is 0.106. The van der Waals surface area contributed by atoms with E-state index in [-0.39, 0.29) is 23.6 Å². The third-order valence-electron chi connectivity index (χ3n) is 4.69. The molecule has 0 unspecified atom stereocenters. The van der Waals surface area contributed by atoms with Gasteiger partial charge in [0.15, 0.2) is 0 Å². The highest BCUT2D eigenvalue weighted by atomic mass is 16.3. The zero-order chi connectivity index (χ0) is 17.6. The number of benzene rings is 2. The number of hydrogen-bond acceptors (Lipinski definition) is 4. The van der Waals surface area contributed by atoms with Gasteiger partial charge in [0.2, 0.25) is 0 Å². The zero-order valence-electron chi connectivity index (χ0n) is 14.5. The van der Waals surface area contributed by atoms with Crippen molar-refractivity contribution < 1.29 is 10.2 Å². The van der Waals surface area contributed by atoms with Crippen molar-refractivity contribution in [1.82, 2.24) is 0 Å². The van der Waals surface area contributed by atoms with Crippen molar-refractivity contribution in [2.24, 2.45) is 9.98 Å². The number of nitrogens with zero attached hydrogens (tertiary/aromatic N) is 2. The summed E-state index contributed by atoms with van der Waals surface area (Å²) in [4.78, 5) is 9.57. The van der Waals surface area contributed by atoms with Crippen LogP contribution < -0.4 is 0 Å². The first-order chi connectivity index (χ1) is 12.1. The van der Waals surface area contributed by atoms with E-state index in [9.17, 15) is 10.2 Å². The quantitative estimate of drug-likeness (QED) is 0.816. The summed E-state index contributed by atoms with van der Waals surface area (Å²) in [7, 11) is 0. The lowest BCUT2D eigenvalue weighted by Gasteiger charge is -2.26. The molecule has 0 bridgehead atoms. The van der Waals surface area contributed by atoms with E-state index >= 15 is 0 Å². The fourth-order valence-corrected chi connectivity index (χ4v) is 3.29. The van der Waals surface area contributed by atoms with E-state index in [0.717, 1.165) is 42.5 Å². The average Bonchev–Trinajstić information content (AvgIpc) is 2.62. The summed E-state index contributed by atoms with van der Waals surface area (Å²) in [6.45, 7) is 1.94. The van der Waals surface area contributed by atoms with Gasteiger partial charge in [-0.05, 0) is 44.0 Å². The second-order valence-electron chi connectivity index (χ2n) is 6.49. The molecule has 2 atom stereocenters. The number of hydrogen-bond donors (Lipinski definition) is 2. The summed E-state index contributed by atoms with van der Waals surface area (Å²) in [5.74, 6) is 0.501. The Balaban J connectivity index is 1.80. The molecule has 0 amide bonds. The highest BCUT2D eigenvalue weighted by Gasteiger charge is 2.24. The summed E-state index contributed by atoms with van der Waals surface area (Å²) < 4.78 is 0. The van der Waals surface area contributed by atoms with Gasteiger partial charge in [0.25, 0.3) is 0 Å². The fraction of sp³-hybridized carbons (Fsp3) is 0.333. The van der Waals surface area contributed by atoms with Gasteiger partial charge in [0, 0.05) is 23.1 Å². The maximum absolute atomic E-state index is 10.0. The molecule has 3 rings (SSSR count). The van der Waals surface area contributed by atoms with E-state index in [1.165, 1.54) is 0 Å². The topological polar surface area (TPSA) is 65.2 Å². The minimum Gasteiger partial charge on any atom is -0.507 e. The van der Waals surface area contributed by atoms with E-state index in [1.807, 2.05) is 37.3 Å². The molecule has 0 spiro atoms. The van der Waals surface area contributed by atoms with E-state index in [2.05, 4.69) is 0 Å². The number of rotatable bonds is 4. The molecule has 2 aromatic rings. The van der Waals surface area contributed by atoms with Crippen LogP contribution in [-0.4, -0.2) is 34.2 Å². The summed E-state index contributed by atoms with van der Waals surface area (Å²) >= 11 is 0. The van der Waals surface area contributed by atoms with Gasteiger partial charge in [-0.15, -0.1) is 0 Å². The van der Waals surface area contributed by atoms with Crippen LogP contribution in [0.1, 0.15) is 43.7 Å². The van der Waals surface area contributed by atoms with Gasteiger partial charge in [-0.3, -0.25) is 9.98 Å². The summed E-state index contributed by atoms with van der Waals surface area (Å²) in [5, 5.41) is 19.9. The molecule has 4 nitrogen and oxygen atoms in total. The van der Waals surface area contributed by atoms with Gasteiger partial charge >= 0.3 is 0 Å². The van der Waals surface area contributed by atoms with Crippen molar-refractivity contribution in [3.05, 3.63) is 59.7 Å². The normalized spacial score (nSPS) is 21.6. The molecule has 0 saturated heterocycles. The van der Waals surface area contributed by atoms with Gasteiger partial charge in [-0.25, -0.2) is 0 Å². The van der Waals surface area contributed by atoms with Crippen LogP contribution in [0.5, 0.6) is 11.5 Å². The zero-order valence-corrected chi connectivity index (χ0v) is 14.5. The van der Waals surface area contributed by atoms with Crippen LogP contribution in [0, 0.1) is 0 Å². The number of aromatic hydroxyl groups is 2. The second-order valence-corrected chi connectivity index (χ2v) is 6.49. The largest absolute Gasteiger partial charge is 0.507 e. The predicted octanol–water partition coefficient (Wildman–Crippen LogP) is 4.34. The molecule has 4 heteroatoms. The standard InChI is InChI=1S/C21H24N2O2/c1-15(17-9-3-7-13-21(17)25)23-19-11-5-4-10-18(19)22-14-16-8-2-6-12-20(16)24/h2-3,6-9,12-14,18-19,24-25H,4-5,10-11H2,1H3/t18-,19-/m0/s1. The Morgan fingerprint density at radius 3 is 2.28 bits per heavy atom. The molecule has 0 radical (unpaired) electrons. The summed E-state index contributed by atoms with van der Waals surface area (Å²) in [6, 6.07) is 14.7. The van der Waals surface area contributed by atoms with E-state index < -0.39 is 0 Å². The summed E-state index contributed by atoms with van der Waals surface area (Å²) in [6.07, 6.45) is 6.03. The Hall–Kier alpha value is -2.62. The molecular formula is C21H24N2O2. The van der Waals surface area contributed by atoms with Crippen molar-refractivity contribution >= 4 is 11.9 Å². The van der Waals surface area contributed by atoms with Gasteiger partial charge in [0.1, 0.15) is 11.5 Å². The molecular weight excluding hydrogens is 312 g/mol. The van der Waals surface area contributed by atoms with Gasteiger partial charge in [-0.1, -0.05) is 37.1 Å². The Morgan fingerprint density at radius 2 is 1.56 bits per heavy atom. The van der Waals surface area contributed by atoms with Crippen molar-refractivity contribution in [3.8, 4) is 11.5 Å². The fourth-order valence-electron chi connectivity index (χ4n) is 3.29. The lowest BCUT2D eigenvalue weighted by atomic mass is 9.90. The first-order valence-corrected chi connectivity index (χ1v) is 8.79. The van der Waals surface area contributed by atoms with Crippen molar-refractivity contribution in [2.75, 3.05) is 0 Å². The predicted molar refractivity (Wildman–Crippen MR) is 102 cm³/mol. The van der Waals surface area contributed by atoms with Gasteiger partial charge in [-0.2, -0.15) is 0 Å². The lowest BCUT2D eigenvalue weighted by Crippen LogP contribution is -2.28. The molecule has 2 aromatic carbocycles. The molecule has 1 aliphatic rings. The first-order valence-electron chi connectivity index (χ1n) is 8.79. The van der Waals surface area contributed by atoms with Crippen molar-refractivity contribution in [3.63, 3.8) is 0 Å². The van der Waals surface area contributed by atoms with E-state index in [4.69, 9.17) is 9.98 Å². The highest BCUT2D eigenvalue weighted by molar-refractivity contribution is 6.01.